The summed E-state index contributed by atoms with van der Waals surface area (Å²) in [6.45, 7) is 10.0. The van der Waals surface area contributed by atoms with E-state index in [0.29, 0.717) is 18.8 Å². The number of allylic oxidation sites excluding steroid dienone is 5. The highest BCUT2D eigenvalue weighted by Gasteiger charge is 2.54. The van der Waals surface area contributed by atoms with Gasteiger partial charge in [0.2, 0.25) is 0 Å². The molecule has 142 valence electrons. The normalized spacial score (nSPS) is 24.8. The van der Waals surface area contributed by atoms with Crippen molar-refractivity contribution < 1.29 is 19.7 Å². The van der Waals surface area contributed by atoms with Crippen LogP contribution in [-0.4, -0.2) is 40.9 Å². The van der Waals surface area contributed by atoms with Crippen LogP contribution < -0.4 is 0 Å². The number of carbonyl (C=O) groups excluding carboxylic acids is 1. The molecule has 0 aromatic carbocycles. The summed E-state index contributed by atoms with van der Waals surface area (Å²) in [6.07, 6.45) is 8.66. The van der Waals surface area contributed by atoms with Crippen LogP contribution in [0.25, 0.3) is 0 Å². The molecule has 0 spiro atoms. The molecule has 1 rings (SSSR count). The lowest BCUT2D eigenvalue weighted by molar-refractivity contribution is -0.111. The van der Waals surface area contributed by atoms with Crippen molar-refractivity contribution in [1.29, 1.82) is 0 Å². The second-order valence-electron chi connectivity index (χ2n) is 7.43. The zero-order valence-electron chi connectivity index (χ0n) is 16.3. The average molecular weight is 350 g/mol. The van der Waals surface area contributed by atoms with E-state index < -0.39 is 5.60 Å². The Hall–Kier alpha value is -1.23. The van der Waals surface area contributed by atoms with Crippen molar-refractivity contribution in [2.75, 3.05) is 13.2 Å². The molecule has 0 unspecified atom stereocenters. The van der Waals surface area contributed by atoms with Crippen molar-refractivity contribution >= 4 is 5.78 Å². The average Bonchev–Trinajstić information content (AvgIpc) is 3.26. The van der Waals surface area contributed by atoms with Crippen molar-refractivity contribution in [2.45, 2.75) is 72.0 Å². The van der Waals surface area contributed by atoms with Gasteiger partial charge in [0.15, 0.2) is 5.78 Å². The van der Waals surface area contributed by atoms with Crippen LogP contribution >= 0.6 is 0 Å². The quantitative estimate of drug-likeness (QED) is 0.338. The summed E-state index contributed by atoms with van der Waals surface area (Å²) in [5, 5.41) is 18.6. The zero-order valence-corrected chi connectivity index (χ0v) is 16.3. The van der Waals surface area contributed by atoms with E-state index in [2.05, 4.69) is 13.8 Å². The fourth-order valence-electron chi connectivity index (χ4n) is 2.75. The number of epoxide rings is 1. The summed E-state index contributed by atoms with van der Waals surface area (Å²) in [5.74, 6) is 0.431. The first-order chi connectivity index (χ1) is 11.8. The molecule has 0 aliphatic carbocycles. The third-order valence-corrected chi connectivity index (χ3v) is 5.09. The van der Waals surface area contributed by atoms with Gasteiger partial charge < -0.3 is 14.9 Å². The van der Waals surface area contributed by atoms with Crippen LogP contribution in [0.15, 0.2) is 34.9 Å². The van der Waals surface area contributed by atoms with E-state index >= 15 is 0 Å². The van der Waals surface area contributed by atoms with Crippen LogP contribution in [0.3, 0.4) is 0 Å². The molecule has 0 aromatic rings. The molecule has 0 aromatic heterocycles. The fourth-order valence-corrected chi connectivity index (χ4v) is 2.75. The lowest BCUT2D eigenvalue weighted by atomic mass is 9.95. The summed E-state index contributed by atoms with van der Waals surface area (Å²) in [7, 11) is 0. The Kier molecular flexibility index (Phi) is 8.77. The largest absolute Gasteiger partial charge is 0.393 e. The highest BCUT2D eigenvalue weighted by atomic mass is 16.6. The minimum absolute atomic E-state index is 0.00756. The number of aliphatic hydroxyl groups is 2. The molecule has 4 heteroatoms. The third-order valence-electron chi connectivity index (χ3n) is 5.09. The summed E-state index contributed by atoms with van der Waals surface area (Å²) >= 11 is 0. The molecule has 4 nitrogen and oxygen atoms in total. The molecule has 1 heterocycles. The Morgan fingerprint density at radius 1 is 1.20 bits per heavy atom. The molecule has 1 saturated heterocycles. The predicted octanol–water partition coefficient (Wildman–Crippen LogP) is 3.73. The van der Waals surface area contributed by atoms with Crippen LogP contribution in [0.4, 0.5) is 0 Å². The van der Waals surface area contributed by atoms with Gasteiger partial charge in [-0.2, -0.15) is 0 Å². The predicted molar refractivity (Wildman–Crippen MR) is 101 cm³/mol. The Balaban J connectivity index is 2.49. The van der Waals surface area contributed by atoms with Crippen LogP contribution in [0.2, 0.25) is 0 Å². The first-order valence-electron chi connectivity index (χ1n) is 9.20. The van der Waals surface area contributed by atoms with Crippen LogP contribution in [0, 0.1) is 5.92 Å². The zero-order chi connectivity index (χ0) is 19.0. The second kappa shape index (κ2) is 10.0. The van der Waals surface area contributed by atoms with E-state index in [1.165, 1.54) is 0 Å². The molecule has 0 amide bonds. The van der Waals surface area contributed by atoms with E-state index in [9.17, 15) is 9.90 Å². The molecule has 2 atom stereocenters. The smallest absolute Gasteiger partial charge is 0.181 e. The lowest BCUT2D eigenvalue weighted by Gasteiger charge is -2.09. The van der Waals surface area contributed by atoms with Crippen LogP contribution in [-0.2, 0) is 9.53 Å². The number of ether oxygens (including phenoxy) is 1. The monoisotopic (exact) mass is 350 g/mol. The van der Waals surface area contributed by atoms with Crippen LogP contribution in [0.5, 0.6) is 0 Å². The van der Waals surface area contributed by atoms with Gasteiger partial charge in [-0.15, -0.1) is 0 Å². The topological polar surface area (TPSA) is 70.1 Å². The van der Waals surface area contributed by atoms with Crippen molar-refractivity contribution in [2.24, 2.45) is 5.92 Å². The van der Waals surface area contributed by atoms with E-state index in [-0.39, 0.29) is 25.1 Å². The molecule has 0 radical (unpaired) electrons. The number of rotatable bonds is 11. The van der Waals surface area contributed by atoms with Gasteiger partial charge >= 0.3 is 0 Å². The highest BCUT2D eigenvalue weighted by molar-refractivity contribution is 6.03. The molecule has 1 fully saturated rings. The first-order valence-corrected chi connectivity index (χ1v) is 9.20. The Morgan fingerprint density at radius 3 is 2.44 bits per heavy atom. The summed E-state index contributed by atoms with van der Waals surface area (Å²) < 4.78 is 5.75. The third kappa shape index (κ3) is 6.89. The molecule has 0 bridgehead atoms. The SMILES string of the molecule is C/C(=C/CO)CC[C@H]1O[C@]1(CO)CC/C=C(\C)C(=O)/C=C(\C)C(C)C. The maximum Gasteiger partial charge on any atom is 0.181 e. The van der Waals surface area contributed by atoms with Gasteiger partial charge in [0.25, 0.3) is 0 Å². The van der Waals surface area contributed by atoms with Gasteiger partial charge in [0, 0.05) is 0 Å². The standard InChI is InChI=1S/C21H34O4/c1-15(2)18(5)13-19(24)17(4)7-6-11-21(14-23)20(25-21)9-8-16(3)10-12-22/h7,10,13,15,20,22-23H,6,8-9,11-12,14H2,1-5H3/b16-10-,17-7+,18-13+/t20-,21+/m1/s1. The van der Waals surface area contributed by atoms with Gasteiger partial charge in [-0.05, 0) is 64.0 Å². The van der Waals surface area contributed by atoms with Gasteiger partial charge in [-0.1, -0.05) is 37.1 Å². The summed E-state index contributed by atoms with van der Waals surface area (Å²) in [5.41, 5.74) is 2.51. The number of carbonyl (C=O) groups is 1. The minimum atomic E-state index is -0.455. The van der Waals surface area contributed by atoms with E-state index in [4.69, 9.17) is 9.84 Å². The van der Waals surface area contributed by atoms with Crippen molar-refractivity contribution in [1.82, 2.24) is 0 Å². The molecular weight excluding hydrogens is 316 g/mol. The van der Waals surface area contributed by atoms with Crippen LogP contribution in [0.1, 0.15) is 60.3 Å². The molecule has 0 saturated carbocycles. The number of hydrogen-bond acceptors (Lipinski definition) is 4. The first kappa shape index (κ1) is 21.8. The number of ketones is 1. The van der Waals surface area contributed by atoms with Gasteiger partial charge in [-0.3, -0.25) is 4.79 Å². The van der Waals surface area contributed by atoms with Crippen molar-refractivity contribution in [3.63, 3.8) is 0 Å². The Labute approximate surface area is 152 Å². The van der Waals surface area contributed by atoms with E-state index in [1.807, 2.05) is 26.8 Å². The van der Waals surface area contributed by atoms with E-state index in [1.54, 1.807) is 12.2 Å². The Morgan fingerprint density at radius 2 is 1.88 bits per heavy atom. The number of aliphatic hydroxyl groups excluding tert-OH is 2. The van der Waals surface area contributed by atoms with E-state index in [0.717, 1.165) is 29.6 Å². The molecule has 2 N–H and O–H groups in total. The van der Waals surface area contributed by atoms with Crippen molar-refractivity contribution in [3.05, 3.63) is 34.9 Å². The Bertz CT molecular complexity index is 542. The molecule has 1 aliphatic heterocycles. The fraction of sp³-hybridized carbons (Fsp3) is 0.667. The molecular formula is C21H34O4. The van der Waals surface area contributed by atoms with Gasteiger partial charge in [-0.25, -0.2) is 0 Å². The number of hydrogen-bond donors (Lipinski definition) is 2. The van der Waals surface area contributed by atoms with Crippen molar-refractivity contribution in [3.8, 4) is 0 Å². The molecule has 1 aliphatic rings. The lowest BCUT2D eigenvalue weighted by Crippen LogP contribution is -2.20. The summed E-state index contributed by atoms with van der Waals surface area (Å²) in [6, 6.07) is 0. The van der Waals surface area contributed by atoms with Gasteiger partial charge in [0.1, 0.15) is 5.60 Å². The maximum absolute atomic E-state index is 12.1. The maximum atomic E-state index is 12.1. The minimum Gasteiger partial charge on any atom is -0.393 e. The second-order valence-corrected chi connectivity index (χ2v) is 7.43. The summed E-state index contributed by atoms with van der Waals surface area (Å²) in [4.78, 5) is 12.1. The molecule has 25 heavy (non-hydrogen) atoms. The highest BCUT2D eigenvalue weighted by Crippen LogP contribution is 2.43. The van der Waals surface area contributed by atoms with Gasteiger partial charge in [0.05, 0.1) is 19.3 Å².